The molecule has 0 bridgehead atoms. The van der Waals surface area contributed by atoms with Gasteiger partial charge in [-0.3, -0.25) is 4.79 Å². The maximum atomic E-state index is 9.00. The highest BCUT2D eigenvalue weighted by Gasteiger charge is 1.94. The van der Waals surface area contributed by atoms with Crippen LogP contribution < -0.4 is 0 Å². The lowest BCUT2D eigenvalue weighted by Gasteiger charge is -1.89. The van der Waals surface area contributed by atoms with Crippen LogP contribution >= 0.6 is 0 Å². The minimum atomic E-state index is -0.833. The van der Waals surface area contributed by atoms with E-state index in [0.29, 0.717) is 13.2 Å². The van der Waals surface area contributed by atoms with Gasteiger partial charge in [-0.25, -0.2) is 0 Å². The van der Waals surface area contributed by atoms with Crippen molar-refractivity contribution in [1.82, 2.24) is 0 Å². The Morgan fingerprint density at radius 1 is 1.43 bits per heavy atom. The van der Waals surface area contributed by atoms with E-state index in [1.165, 1.54) is 0 Å². The van der Waals surface area contributed by atoms with Gasteiger partial charge < -0.3 is 14.6 Å². The smallest absolute Gasteiger partial charge is 0.300 e. The number of carboxylic acids is 1. The molecule has 14 heavy (non-hydrogen) atoms. The van der Waals surface area contributed by atoms with E-state index in [4.69, 9.17) is 14.6 Å². The van der Waals surface area contributed by atoms with Crippen molar-refractivity contribution in [3.63, 3.8) is 0 Å². The van der Waals surface area contributed by atoms with Crippen LogP contribution in [0.5, 0.6) is 0 Å². The van der Waals surface area contributed by atoms with Crippen LogP contribution in [0.3, 0.4) is 0 Å². The molecule has 0 atom stereocenters. The molecule has 1 fully saturated rings. The minimum Gasteiger partial charge on any atom is -0.481 e. The quantitative estimate of drug-likeness (QED) is 0.426. The zero-order chi connectivity index (χ0) is 11.2. The summed E-state index contributed by atoms with van der Waals surface area (Å²) in [5, 5.41) is 7.42. The molecule has 0 spiro atoms. The Morgan fingerprint density at radius 3 is 1.86 bits per heavy atom. The zero-order valence-corrected chi connectivity index (χ0v) is 8.57. The van der Waals surface area contributed by atoms with Crippen molar-refractivity contribution in [2.45, 2.75) is 6.92 Å². The fourth-order valence-electron chi connectivity index (χ4n) is 0.235. The van der Waals surface area contributed by atoms with Crippen LogP contribution in [-0.4, -0.2) is 37.5 Å². The third-order valence-corrected chi connectivity index (χ3v) is 0.676. The van der Waals surface area contributed by atoms with E-state index in [-0.39, 0.29) is 0 Å². The van der Waals surface area contributed by atoms with Crippen LogP contribution in [0.4, 0.5) is 0 Å². The summed E-state index contributed by atoms with van der Waals surface area (Å²) in [5.41, 5.74) is 0. The molecular weight excluding hydrogens is 184 g/mol. The van der Waals surface area contributed by atoms with Gasteiger partial charge in [0.2, 0.25) is 0 Å². The second-order valence-corrected chi connectivity index (χ2v) is 2.25. The predicted octanol–water partition coefficient (Wildman–Crippen LogP) is 1.48. The molecule has 1 N–H and O–H groups in total. The van der Waals surface area contributed by atoms with Gasteiger partial charge in [-0.05, 0) is 0 Å². The van der Waals surface area contributed by atoms with Crippen molar-refractivity contribution >= 4 is 5.97 Å². The first kappa shape index (κ1) is 15.3. The summed E-state index contributed by atoms with van der Waals surface area (Å²) in [7, 11) is 0. The van der Waals surface area contributed by atoms with Gasteiger partial charge in [0.05, 0.1) is 26.4 Å². The van der Waals surface area contributed by atoms with Crippen LogP contribution in [0.25, 0.3) is 0 Å². The lowest BCUT2D eigenvalue weighted by molar-refractivity contribution is -0.134. The third kappa shape index (κ3) is 70.7. The largest absolute Gasteiger partial charge is 0.481 e. The fraction of sp³-hybridized carbons (Fsp3) is 0.500. The number of aliphatic carboxylic acids is 1. The Balaban J connectivity index is 0. The molecule has 0 radical (unpaired) electrons. The van der Waals surface area contributed by atoms with Crippen LogP contribution in [0.15, 0.2) is 25.3 Å². The van der Waals surface area contributed by atoms with Gasteiger partial charge in [0, 0.05) is 6.92 Å². The highest BCUT2D eigenvalue weighted by molar-refractivity contribution is 5.62. The summed E-state index contributed by atoms with van der Waals surface area (Å²) < 4.78 is 9.40. The van der Waals surface area contributed by atoms with Gasteiger partial charge in [-0.2, -0.15) is 0 Å². The highest BCUT2D eigenvalue weighted by atomic mass is 16.6. The number of carboxylic acid groups (broad SMARTS) is 1. The SMILES string of the molecule is C1CO1.C=CCOCC=C.CC(=O)O. The van der Waals surface area contributed by atoms with Crippen molar-refractivity contribution in [2.75, 3.05) is 26.4 Å². The average Bonchev–Trinajstić information content (AvgIpc) is 2.90. The molecule has 82 valence electrons. The highest BCUT2D eigenvalue weighted by Crippen LogP contribution is 1.84. The van der Waals surface area contributed by atoms with E-state index < -0.39 is 5.97 Å². The van der Waals surface area contributed by atoms with Crippen molar-refractivity contribution in [3.8, 4) is 0 Å². The molecule has 0 aromatic heterocycles. The predicted molar refractivity (Wildman–Crippen MR) is 55.3 cm³/mol. The number of hydrogen-bond donors (Lipinski definition) is 1. The first-order chi connectivity index (χ1) is 6.65. The molecule has 0 aromatic rings. The Kier molecular flexibility index (Phi) is 15.8. The minimum absolute atomic E-state index is 0.617. The molecule has 0 aromatic carbocycles. The van der Waals surface area contributed by atoms with Crippen molar-refractivity contribution in [2.24, 2.45) is 0 Å². The van der Waals surface area contributed by atoms with Crippen molar-refractivity contribution in [1.29, 1.82) is 0 Å². The van der Waals surface area contributed by atoms with Gasteiger partial charge in [0.25, 0.3) is 5.97 Å². The molecule has 0 aliphatic carbocycles. The number of ether oxygens (including phenoxy) is 2. The molecule has 1 heterocycles. The lowest BCUT2D eigenvalue weighted by Crippen LogP contribution is -1.87. The van der Waals surface area contributed by atoms with E-state index in [2.05, 4.69) is 17.9 Å². The van der Waals surface area contributed by atoms with E-state index in [9.17, 15) is 0 Å². The molecule has 1 aliphatic heterocycles. The topological polar surface area (TPSA) is 59.1 Å². The molecule has 1 saturated heterocycles. The van der Waals surface area contributed by atoms with Crippen LogP contribution in [0, 0.1) is 0 Å². The van der Waals surface area contributed by atoms with Crippen molar-refractivity contribution in [3.05, 3.63) is 25.3 Å². The standard InChI is InChI=1S/C6H10O.C2H4O2.C2H4O/c1-3-5-7-6-4-2;1-2(3)4;1-2-3-1/h3-4H,1-2,5-6H2;1H3,(H,3,4);1-2H2. The molecule has 1 aliphatic rings. The second-order valence-electron chi connectivity index (χ2n) is 2.25. The maximum absolute atomic E-state index is 9.00. The van der Waals surface area contributed by atoms with E-state index in [1.54, 1.807) is 12.2 Å². The van der Waals surface area contributed by atoms with Gasteiger partial charge >= 0.3 is 0 Å². The summed E-state index contributed by atoms with van der Waals surface area (Å²) in [6, 6.07) is 0. The molecule has 4 nitrogen and oxygen atoms in total. The van der Waals surface area contributed by atoms with E-state index in [0.717, 1.165) is 20.1 Å². The summed E-state index contributed by atoms with van der Waals surface area (Å²) in [5.74, 6) is -0.833. The third-order valence-electron chi connectivity index (χ3n) is 0.676. The normalized spacial score (nSPS) is 10.9. The molecule has 4 heteroatoms. The van der Waals surface area contributed by atoms with Gasteiger partial charge in [-0.1, -0.05) is 12.2 Å². The Morgan fingerprint density at radius 2 is 1.71 bits per heavy atom. The summed E-state index contributed by atoms with van der Waals surface area (Å²) in [6.07, 6.45) is 3.42. The fourth-order valence-corrected chi connectivity index (χ4v) is 0.235. The maximum Gasteiger partial charge on any atom is 0.300 e. The number of epoxide rings is 1. The van der Waals surface area contributed by atoms with Gasteiger partial charge in [0.1, 0.15) is 0 Å². The Bertz CT molecular complexity index is 137. The van der Waals surface area contributed by atoms with Crippen molar-refractivity contribution < 1.29 is 19.4 Å². The van der Waals surface area contributed by atoms with Gasteiger partial charge in [-0.15, -0.1) is 13.2 Å². The second kappa shape index (κ2) is 14.4. The first-order valence-electron chi connectivity index (χ1n) is 4.22. The molecule has 1 rings (SSSR count). The lowest BCUT2D eigenvalue weighted by atomic mass is 10.6. The molecule has 0 saturated carbocycles. The monoisotopic (exact) mass is 202 g/mol. The van der Waals surface area contributed by atoms with E-state index >= 15 is 0 Å². The van der Waals surface area contributed by atoms with Crippen LogP contribution in [-0.2, 0) is 14.3 Å². The molecule has 0 unspecified atom stereocenters. The summed E-state index contributed by atoms with van der Waals surface area (Å²) in [6.45, 7) is 11.3. The molecule has 0 amide bonds. The van der Waals surface area contributed by atoms with Gasteiger partial charge in [0.15, 0.2) is 0 Å². The summed E-state index contributed by atoms with van der Waals surface area (Å²) >= 11 is 0. The zero-order valence-electron chi connectivity index (χ0n) is 8.57. The Labute approximate surface area is 84.8 Å². The summed E-state index contributed by atoms with van der Waals surface area (Å²) in [4.78, 5) is 9.00. The van der Waals surface area contributed by atoms with Crippen LogP contribution in [0.1, 0.15) is 6.92 Å². The van der Waals surface area contributed by atoms with Crippen LogP contribution in [0.2, 0.25) is 0 Å². The first-order valence-corrected chi connectivity index (χ1v) is 4.22. The van der Waals surface area contributed by atoms with E-state index in [1.807, 2.05) is 0 Å². The molecular formula is C10H18O4. The number of hydrogen-bond acceptors (Lipinski definition) is 3. The number of rotatable bonds is 4. The Hall–Kier alpha value is -1.13. The number of carbonyl (C=O) groups is 1. The average molecular weight is 202 g/mol.